The standard InChI is InChI=1S/C8H17N.C7H16.C2H6/c1-7-4-3-5-8(6-7)9-2;1-3-5-7-6-4-2;1-2/h7-9H,3-6H2,1-2H3;3-7H2,1-2H3;1-2H3. The molecule has 0 amide bonds. The minimum absolute atomic E-state index is 0.814. The van der Waals surface area contributed by atoms with E-state index < -0.39 is 0 Å². The average Bonchev–Trinajstić information content (AvgIpc) is 2.42. The predicted octanol–water partition coefficient (Wildman–Crippen LogP) is 5.79. The molecule has 1 rings (SSSR count). The molecule has 0 bridgehead atoms. The Kier molecular flexibility index (Phi) is 19.1. The topological polar surface area (TPSA) is 12.0 Å². The van der Waals surface area contributed by atoms with E-state index in [9.17, 15) is 0 Å². The molecule has 1 saturated carbocycles. The Labute approximate surface area is 117 Å². The van der Waals surface area contributed by atoms with Gasteiger partial charge in [0, 0.05) is 6.04 Å². The van der Waals surface area contributed by atoms with Gasteiger partial charge < -0.3 is 5.32 Å². The summed E-state index contributed by atoms with van der Waals surface area (Å²) in [5, 5.41) is 3.33. The summed E-state index contributed by atoms with van der Waals surface area (Å²) in [6.45, 7) is 10.8. The summed E-state index contributed by atoms with van der Waals surface area (Å²) in [5.74, 6) is 0.955. The fourth-order valence-corrected chi connectivity index (χ4v) is 2.37. The fourth-order valence-electron chi connectivity index (χ4n) is 2.37. The van der Waals surface area contributed by atoms with Crippen LogP contribution in [0.4, 0.5) is 0 Å². The molecule has 0 spiro atoms. The molecule has 1 nitrogen and oxygen atoms in total. The van der Waals surface area contributed by atoms with Crippen molar-refractivity contribution >= 4 is 0 Å². The average molecular weight is 258 g/mol. The van der Waals surface area contributed by atoms with E-state index in [1.54, 1.807) is 0 Å². The van der Waals surface area contributed by atoms with Gasteiger partial charge in [0.1, 0.15) is 0 Å². The molecule has 112 valence electrons. The fraction of sp³-hybridized carbons (Fsp3) is 1.00. The maximum Gasteiger partial charge on any atom is 0.00666 e. The Bertz CT molecular complexity index is 130. The number of hydrogen-bond acceptors (Lipinski definition) is 1. The van der Waals surface area contributed by atoms with Crippen LogP contribution in [0, 0.1) is 5.92 Å². The maximum atomic E-state index is 3.33. The van der Waals surface area contributed by atoms with Crippen molar-refractivity contribution in [1.82, 2.24) is 5.32 Å². The third-order valence-corrected chi connectivity index (χ3v) is 3.55. The van der Waals surface area contributed by atoms with Gasteiger partial charge in [-0.25, -0.2) is 0 Å². The van der Waals surface area contributed by atoms with Crippen LogP contribution in [0.5, 0.6) is 0 Å². The van der Waals surface area contributed by atoms with Crippen LogP contribution in [-0.2, 0) is 0 Å². The Morgan fingerprint density at radius 3 is 1.83 bits per heavy atom. The summed E-state index contributed by atoms with van der Waals surface area (Å²) in [5.41, 5.74) is 0. The molecule has 1 aliphatic rings. The Balaban J connectivity index is 0. The second-order valence-electron chi connectivity index (χ2n) is 5.32. The molecule has 0 saturated heterocycles. The van der Waals surface area contributed by atoms with Crippen LogP contribution < -0.4 is 5.32 Å². The molecule has 0 heterocycles. The summed E-state index contributed by atoms with van der Waals surface area (Å²) < 4.78 is 0. The van der Waals surface area contributed by atoms with Crippen LogP contribution >= 0.6 is 0 Å². The zero-order valence-electron chi connectivity index (χ0n) is 14.0. The summed E-state index contributed by atoms with van der Waals surface area (Å²) in [7, 11) is 2.07. The summed E-state index contributed by atoms with van der Waals surface area (Å²) in [6.07, 6.45) is 12.6. The van der Waals surface area contributed by atoms with Crippen molar-refractivity contribution in [2.24, 2.45) is 5.92 Å². The van der Waals surface area contributed by atoms with Crippen molar-refractivity contribution in [3.63, 3.8) is 0 Å². The first kappa shape index (κ1) is 20.3. The molecule has 2 unspecified atom stereocenters. The highest BCUT2D eigenvalue weighted by Gasteiger charge is 2.16. The monoisotopic (exact) mass is 257 g/mol. The highest BCUT2D eigenvalue weighted by Crippen LogP contribution is 2.22. The number of nitrogens with one attached hydrogen (secondary N) is 1. The van der Waals surface area contributed by atoms with Gasteiger partial charge in [-0.05, 0) is 25.8 Å². The van der Waals surface area contributed by atoms with Crippen LogP contribution in [0.25, 0.3) is 0 Å². The van der Waals surface area contributed by atoms with Gasteiger partial charge in [-0.15, -0.1) is 0 Å². The van der Waals surface area contributed by atoms with Crippen molar-refractivity contribution in [2.45, 2.75) is 98.4 Å². The minimum atomic E-state index is 0.814. The van der Waals surface area contributed by atoms with Crippen LogP contribution in [0.1, 0.15) is 92.4 Å². The van der Waals surface area contributed by atoms with E-state index in [1.165, 1.54) is 57.8 Å². The molecular weight excluding hydrogens is 218 g/mol. The molecular formula is C17H39N. The van der Waals surface area contributed by atoms with E-state index in [4.69, 9.17) is 0 Å². The molecule has 18 heavy (non-hydrogen) atoms. The molecule has 0 radical (unpaired) electrons. The van der Waals surface area contributed by atoms with E-state index in [0.717, 1.165) is 12.0 Å². The lowest BCUT2D eigenvalue weighted by atomic mass is 9.87. The van der Waals surface area contributed by atoms with E-state index in [2.05, 4.69) is 33.1 Å². The molecule has 1 aliphatic carbocycles. The molecule has 0 aromatic carbocycles. The van der Waals surface area contributed by atoms with Crippen molar-refractivity contribution in [1.29, 1.82) is 0 Å². The van der Waals surface area contributed by atoms with Crippen LogP contribution in [-0.4, -0.2) is 13.1 Å². The van der Waals surface area contributed by atoms with E-state index >= 15 is 0 Å². The lowest BCUT2D eigenvalue weighted by Crippen LogP contribution is -2.30. The molecule has 0 aromatic rings. The van der Waals surface area contributed by atoms with Gasteiger partial charge in [-0.3, -0.25) is 0 Å². The third-order valence-electron chi connectivity index (χ3n) is 3.55. The van der Waals surface area contributed by atoms with Gasteiger partial charge >= 0.3 is 0 Å². The van der Waals surface area contributed by atoms with Crippen LogP contribution in [0.2, 0.25) is 0 Å². The zero-order chi connectivity index (χ0) is 14.2. The van der Waals surface area contributed by atoms with Gasteiger partial charge in [-0.1, -0.05) is 79.6 Å². The highest BCUT2D eigenvalue weighted by atomic mass is 14.9. The lowest BCUT2D eigenvalue weighted by Gasteiger charge is -2.25. The highest BCUT2D eigenvalue weighted by molar-refractivity contribution is 4.73. The Morgan fingerprint density at radius 2 is 1.50 bits per heavy atom. The first-order valence-corrected chi connectivity index (χ1v) is 8.41. The lowest BCUT2D eigenvalue weighted by molar-refractivity contribution is 0.314. The Hall–Kier alpha value is -0.0400. The smallest absolute Gasteiger partial charge is 0.00666 e. The summed E-state index contributed by atoms with van der Waals surface area (Å²) >= 11 is 0. The van der Waals surface area contributed by atoms with E-state index in [-0.39, 0.29) is 0 Å². The van der Waals surface area contributed by atoms with Crippen molar-refractivity contribution in [3.05, 3.63) is 0 Å². The van der Waals surface area contributed by atoms with Crippen molar-refractivity contribution in [2.75, 3.05) is 7.05 Å². The van der Waals surface area contributed by atoms with E-state index in [0.29, 0.717) is 0 Å². The van der Waals surface area contributed by atoms with Crippen LogP contribution in [0.15, 0.2) is 0 Å². The first-order valence-electron chi connectivity index (χ1n) is 8.41. The second-order valence-corrected chi connectivity index (χ2v) is 5.32. The van der Waals surface area contributed by atoms with Gasteiger partial charge in [0.2, 0.25) is 0 Å². The van der Waals surface area contributed by atoms with Gasteiger partial charge in [0.25, 0.3) is 0 Å². The SMILES string of the molecule is CC.CCCCCCC.CNC1CCCC(C)C1. The summed E-state index contributed by atoms with van der Waals surface area (Å²) in [6, 6.07) is 0.814. The number of rotatable bonds is 5. The van der Waals surface area contributed by atoms with Crippen molar-refractivity contribution in [3.8, 4) is 0 Å². The third kappa shape index (κ3) is 14.0. The number of hydrogen-bond donors (Lipinski definition) is 1. The zero-order valence-corrected chi connectivity index (χ0v) is 14.0. The molecule has 2 atom stereocenters. The van der Waals surface area contributed by atoms with E-state index in [1.807, 2.05) is 13.8 Å². The molecule has 0 aliphatic heterocycles. The van der Waals surface area contributed by atoms with Gasteiger partial charge in [0.15, 0.2) is 0 Å². The molecule has 0 aromatic heterocycles. The summed E-state index contributed by atoms with van der Waals surface area (Å²) in [4.78, 5) is 0. The van der Waals surface area contributed by atoms with Gasteiger partial charge in [-0.2, -0.15) is 0 Å². The van der Waals surface area contributed by atoms with Gasteiger partial charge in [0.05, 0.1) is 0 Å². The molecule has 1 heteroatoms. The predicted molar refractivity (Wildman–Crippen MR) is 86.3 cm³/mol. The molecule has 1 N–H and O–H groups in total. The Morgan fingerprint density at radius 1 is 0.944 bits per heavy atom. The first-order chi connectivity index (χ1) is 8.74. The van der Waals surface area contributed by atoms with Crippen LogP contribution in [0.3, 0.4) is 0 Å². The largest absolute Gasteiger partial charge is 0.317 e. The maximum absolute atomic E-state index is 3.33. The normalized spacial score (nSPS) is 22.3. The second kappa shape index (κ2) is 17.0. The van der Waals surface area contributed by atoms with Crippen molar-refractivity contribution < 1.29 is 0 Å². The molecule has 1 fully saturated rings. The quantitative estimate of drug-likeness (QED) is 0.615. The minimum Gasteiger partial charge on any atom is -0.317 e. The number of unbranched alkanes of at least 4 members (excludes halogenated alkanes) is 4.